The van der Waals surface area contributed by atoms with Gasteiger partial charge in [-0.2, -0.15) is 0 Å². The van der Waals surface area contributed by atoms with E-state index in [2.05, 4.69) is 33.2 Å². The molecule has 1 amide bonds. The summed E-state index contributed by atoms with van der Waals surface area (Å²) in [5.41, 5.74) is 0. The fourth-order valence-corrected chi connectivity index (χ4v) is 1.24. The summed E-state index contributed by atoms with van der Waals surface area (Å²) in [6, 6.07) is 0. The number of carbonyl (C=O) groups excluding carboxylic acids is 1. The van der Waals surface area contributed by atoms with Gasteiger partial charge in [0.1, 0.15) is 3.92 Å². The van der Waals surface area contributed by atoms with Crippen LogP contribution in [-0.4, -0.2) is 29.5 Å². The number of alkyl halides is 1. The molecular formula is C5H9IN2O. The van der Waals surface area contributed by atoms with Crippen molar-refractivity contribution in [1.29, 1.82) is 0 Å². The molecule has 0 aromatic carbocycles. The average Bonchev–Trinajstić information content (AvgIpc) is 1.99. The van der Waals surface area contributed by atoms with Gasteiger partial charge in [-0.15, -0.1) is 0 Å². The Balaban J connectivity index is 2.41. The summed E-state index contributed by atoms with van der Waals surface area (Å²) < 4.78 is 0.102. The lowest BCUT2D eigenvalue weighted by atomic mass is 10.4. The predicted octanol–water partition coefficient (Wildman–Crippen LogP) is -0.491. The summed E-state index contributed by atoms with van der Waals surface area (Å²) in [4.78, 5) is 10.9. The third kappa shape index (κ3) is 2.09. The summed E-state index contributed by atoms with van der Waals surface area (Å²) in [7, 11) is 0. The summed E-state index contributed by atoms with van der Waals surface area (Å²) in [5, 5.41) is 5.92. The van der Waals surface area contributed by atoms with Crippen LogP contribution in [0.3, 0.4) is 0 Å². The minimum absolute atomic E-state index is 0.102. The van der Waals surface area contributed by atoms with Gasteiger partial charge in [0.2, 0.25) is 5.91 Å². The van der Waals surface area contributed by atoms with Crippen LogP contribution in [0.5, 0.6) is 0 Å². The Morgan fingerprint density at radius 2 is 2.33 bits per heavy atom. The van der Waals surface area contributed by atoms with Crippen molar-refractivity contribution in [3.8, 4) is 0 Å². The zero-order valence-electron chi connectivity index (χ0n) is 4.98. The Morgan fingerprint density at radius 1 is 1.56 bits per heavy atom. The first-order valence-corrected chi connectivity index (χ1v) is 4.18. The van der Waals surface area contributed by atoms with Crippen LogP contribution in [0.4, 0.5) is 0 Å². The Kier molecular flexibility index (Phi) is 2.71. The van der Waals surface area contributed by atoms with E-state index in [9.17, 15) is 4.79 Å². The van der Waals surface area contributed by atoms with Crippen LogP contribution in [0.25, 0.3) is 0 Å². The van der Waals surface area contributed by atoms with Crippen molar-refractivity contribution in [1.82, 2.24) is 10.6 Å². The largest absolute Gasteiger partial charge is 0.354 e. The van der Waals surface area contributed by atoms with Gasteiger partial charge < -0.3 is 10.6 Å². The van der Waals surface area contributed by atoms with Crippen LogP contribution in [0.15, 0.2) is 0 Å². The molecule has 9 heavy (non-hydrogen) atoms. The highest BCUT2D eigenvalue weighted by atomic mass is 127. The van der Waals surface area contributed by atoms with Gasteiger partial charge in [-0.25, -0.2) is 0 Å². The van der Waals surface area contributed by atoms with Crippen molar-refractivity contribution in [3.63, 3.8) is 0 Å². The Labute approximate surface area is 67.7 Å². The molecular weight excluding hydrogens is 231 g/mol. The van der Waals surface area contributed by atoms with Crippen LogP contribution in [0.2, 0.25) is 0 Å². The van der Waals surface area contributed by atoms with Gasteiger partial charge in [0.05, 0.1) is 0 Å². The SMILES string of the molecule is O=C1NCCNCC1I. The van der Waals surface area contributed by atoms with E-state index in [0.29, 0.717) is 0 Å². The maximum absolute atomic E-state index is 10.9. The molecule has 0 saturated carbocycles. The minimum Gasteiger partial charge on any atom is -0.354 e. The van der Waals surface area contributed by atoms with E-state index < -0.39 is 0 Å². The number of hydrogen-bond donors (Lipinski definition) is 2. The third-order valence-corrected chi connectivity index (χ3v) is 2.22. The molecule has 52 valence electrons. The second kappa shape index (κ2) is 3.36. The first-order chi connectivity index (χ1) is 4.30. The zero-order chi connectivity index (χ0) is 6.69. The van der Waals surface area contributed by atoms with Crippen molar-refractivity contribution < 1.29 is 4.79 Å². The molecule has 1 rings (SSSR count). The van der Waals surface area contributed by atoms with Crippen LogP contribution in [0, 0.1) is 0 Å². The molecule has 1 heterocycles. The highest BCUT2D eigenvalue weighted by Crippen LogP contribution is 1.99. The molecule has 1 fully saturated rings. The van der Waals surface area contributed by atoms with Gasteiger partial charge in [0.25, 0.3) is 0 Å². The molecule has 4 heteroatoms. The molecule has 1 atom stereocenters. The molecule has 0 aromatic rings. The standard InChI is InChI=1S/C5H9IN2O/c6-4-3-7-1-2-8-5(4)9/h4,7H,1-3H2,(H,8,9). The number of hydrogen-bond acceptors (Lipinski definition) is 2. The minimum atomic E-state index is 0.102. The topological polar surface area (TPSA) is 41.1 Å². The summed E-state index contributed by atoms with van der Waals surface area (Å²) in [6.07, 6.45) is 0. The zero-order valence-corrected chi connectivity index (χ0v) is 7.14. The van der Waals surface area contributed by atoms with Gasteiger partial charge in [-0.1, -0.05) is 22.6 Å². The predicted molar refractivity (Wildman–Crippen MR) is 43.7 cm³/mol. The van der Waals surface area contributed by atoms with Gasteiger partial charge in [-0.3, -0.25) is 4.79 Å². The first-order valence-electron chi connectivity index (χ1n) is 2.93. The molecule has 0 radical (unpaired) electrons. The second-order valence-corrected chi connectivity index (χ2v) is 3.47. The fourth-order valence-electron chi connectivity index (χ4n) is 0.706. The highest BCUT2D eigenvalue weighted by Gasteiger charge is 2.15. The molecule has 2 N–H and O–H groups in total. The van der Waals surface area contributed by atoms with Crippen molar-refractivity contribution in [2.45, 2.75) is 3.92 Å². The average molecular weight is 240 g/mol. The maximum atomic E-state index is 10.9. The van der Waals surface area contributed by atoms with E-state index in [1.165, 1.54) is 0 Å². The molecule has 0 aliphatic carbocycles. The summed E-state index contributed by atoms with van der Waals surface area (Å²) in [5.74, 6) is 0.153. The van der Waals surface area contributed by atoms with E-state index in [0.717, 1.165) is 19.6 Å². The molecule has 1 aliphatic rings. The molecule has 3 nitrogen and oxygen atoms in total. The van der Waals surface area contributed by atoms with E-state index in [-0.39, 0.29) is 9.83 Å². The number of halogens is 1. The van der Waals surface area contributed by atoms with Crippen LogP contribution >= 0.6 is 22.6 Å². The quantitative estimate of drug-likeness (QED) is 0.443. The third-order valence-electron chi connectivity index (χ3n) is 1.21. The smallest absolute Gasteiger partial charge is 0.234 e. The van der Waals surface area contributed by atoms with Gasteiger partial charge in [-0.05, 0) is 0 Å². The number of amides is 1. The number of nitrogens with one attached hydrogen (secondary N) is 2. The maximum Gasteiger partial charge on any atom is 0.234 e. The lowest BCUT2D eigenvalue weighted by Crippen LogP contribution is -2.31. The molecule has 0 aromatic heterocycles. The monoisotopic (exact) mass is 240 g/mol. The van der Waals surface area contributed by atoms with E-state index in [1.807, 2.05) is 0 Å². The van der Waals surface area contributed by atoms with Crippen LogP contribution in [-0.2, 0) is 4.79 Å². The van der Waals surface area contributed by atoms with Gasteiger partial charge in [0, 0.05) is 19.6 Å². The molecule has 0 bridgehead atoms. The van der Waals surface area contributed by atoms with E-state index in [4.69, 9.17) is 0 Å². The normalized spacial score (nSPS) is 29.0. The summed E-state index contributed by atoms with van der Waals surface area (Å²) in [6.45, 7) is 2.45. The first kappa shape index (κ1) is 7.27. The van der Waals surface area contributed by atoms with Gasteiger partial charge >= 0.3 is 0 Å². The Morgan fingerprint density at radius 3 is 3.11 bits per heavy atom. The Bertz CT molecular complexity index is 118. The van der Waals surface area contributed by atoms with Crippen molar-refractivity contribution >= 4 is 28.5 Å². The van der Waals surface area contributed by atoms with Crippen molar-refractivity contribution in [2.75, 3.05) is 19.6 Å². The second-order valence-electron chi connectivity index (χ2n) is 1.96. The summed E-state index contributed by atoms with van der Waals surface area (Å²) >= 11 is 2.13. The fraction of sp³-hybridized carbons (Fsp3) is 0.800. The highest BCUT2D eigenvalue weighted by molar-refractivity contribution is 14.1. The Hall–Kier alpha value is 0.160. The lowest BCUT2D eigenvalue weighted by Gasteiger charge is -2.01. The van der Waals surface area contributed by atoms with Crippen LogP contribution < -0.4 is 10.6 Å². The molecule has 1 saturated heterocycles. The van der Waals surface area contributed by atoms with Gasteiger partial charge in [0.15, 0.2) is 0 Å². The molecule has 1 unspecified atom stereocenters. The van der Waals surface area contributed by atoms with Crippen molar-refractivity contribution in [2.24, 2.45) is 0 Å². The van der Waals surface area contributed by atoms with E-state index in [1.54, 1.807) is 0 Å². The van der Waals surface area contributed by atoms with Crippen LogP contribution in [0.1, 0.15) is 0 Å². The van der Waals surface area contributed by atoms with Crippen molar-refractivity contribution in [3.05, 3.63) is 0 Å². The number of rotatable bonds is 0. The molecule has 0 spiro atoms. The molecule has 1 aliphatic heterocycles. The van der Waals surface area contributed by atoms with E-state index >= 15 is 0 Å². The lowest BCUT2D eigenvalue weighted by molar-refractivity contribution is -0.119. The number of carbonyl (C=O) groups is 1.